The van der Waals surface area contributed by atoms with Crippen LogP contribution in [-0.2, 0) is 9.53 Å². The summed E-state index contributed by atoms with van der Waals surface area (Å²) in [6.45, 7) is 1.94. The first-order valence-corrected chi connectivity index (χ1v) is 7.02. The van der Waals surface area contributed by atoms with Crippen molar-refractivity contribution >= 4 is 23.4 Å². The van der Waals surface area contributed by atoms with E-state index in [4.69, 9.17) is 16.3 Å². The summed E-state index contributed by atoms with van der Waals surface area (Å²) >= 11 is 5.85. The van der Waals surface area contributed by atoms with Gasteiger partial charge in [-0.15, -0.1) is 0 Å². The molecular formula is C17H15ClO3. The van der Waals surface area contributed by atoms with Crippen molar-refractivity contribution in [2.24, 2.45) is 0 Å². The molecule has 0 radical (unpaired) electrons. The van der Waals surface area contributed by atoms with E-state index in [0.29, 0.717) is 16.1 Å². The van der Waals surface area contributed by atoms with E-state index < -0.39 is 11.9 Å². The number of ketones is 1. The smallest absolute Gasteiger partial charge is 0.321 e. The van der Waals surface area contributed by atoms with E-state index >= 15 is 0 Å². The molecule has 2 aromatic rings. The molecule has 1 unspecified atom stereocenters. The van der Waals surface area contributed by atoms with Gasteiger partial charge in [0.05, 0.1) is 6.61 Å². The number of benzene rings is 2. The number of hydrogen-bond donors (Lipinski definition) is 0. The number of rotatable bonds is 5. The molecule has 2 rings (SSSR count). The van der Waals surface area contributed by atoms with Crippen LogP contribution < -0.4 is 0 Å². The molecular weight excluding hydrogens is 288 g/mol. The maximum absolute atomic E-state index is 12.6. The van der Waals surface area contributed by atoms with Gasteiger partial charge >= 0.3 is 5.97 Å². The minimum absolute atomic E-state index is 0.227. The van der Waals surface area contributed by atoms with Crippen LogP contribution >= 0.6 is 11.6 Å². The molecule has 108 valence electrons. The van der Waals surface area contributed by atoms with Crippen molar-refractivity contribution in [2.75, 3.05) is 6.61 Å². The van der Waals surface area contributed by atoms with Crippen molar-refractivity contribution in [3.8, 4) is 0 Å². The lowest BCUT2D eigenvalue weighted by molar-refractivity contribution is -0.143. The van der Waals surface area contributed by atoms with Gasteiger partial charge in [-0.05, 0) is 24.6 Å². The van der Waals surface area contributed by atoms with E-state index in [-0.39, 0.29) is 12.4 Å². The molecule has 0 aromatic heterocycles. The van der Waals surface area contributed by atoms with Gasteiger partial charge in [-0.1, -0.05) is 54.1 Å². The van der Waals surface area contributed by atoms with Crippen LogP contribution in [0, 0.1) is 0 Å². The lowest BCUT2D eigenvalue weighted by Crippen LogP contribution is -2.24. The average Bonchev–Trinajstić information content (AvgIpc) is 2.50. The fourth-order valence-electron chi connectivity index (χ4n) is 2.04. The molecule has 0 aliphatic carbocycles. The molecule has 0 bridgehead atoms. The highest BCUT2D eigenvalue weighted by Crippen LogP contribution is 2.24. The van der Waals surface area contributed by atoms with Gasteiger partial charge in [0, 0.05) is 10.6 Å². The molecule has 0 amide bonds. The summed E-state index contributed by atoms with van der Waals surface area (Å²) < 4.78 is 5.04. The normalized spacial score (nSPS) is 11.7. The zero-order chi connectivity index (χ0) is 15.2. The van der Waals surface area contributed by atoms with E-state index in [1.165, 1.54) is 0 Å². The summed E-state index contributed by atoms with van der Waals surface area (Å²) in [5.74, 6) is -1.80. The van der Waals surface area contributed by atoms with E-state index in [0.717, 1.165) is 0 Å². The third-order valence-corrected chi connectivity index (χ3v) is 3.30. The zero-order valence-electron chi connectivity index (χ0n) is 11.6. The van der Waals surface area contributed by atoms with Gasteiger partial charge in [-0.2, -0.15) is 0 Å². The standard InChI is InChI=1S/C17H15ClO3/c1-2-21-17(20)15(12-8-10-14(18)11-9-12)16(19)13-6-4-3-5-7-13/h3-11,15H,2H2,1H3. The second-order valence-corrected chi connectivity index (χ2v) is 4.90. The molecule has 0 saturated heterocycles. The fourth-order valence-corrected chi connectivity index (χ4v) is 2.17. The van der Waals surface area contributed by atoms with Gasteiger partial charge in [0.15, 0.2) is 5.78 Å². The van der Waals surface area contributed by atoms with Gasteiger partial charge in [0.25, 0.3) is 0 Å². The monoisotopic (exact) mass is 302 g/mol. The molecule has 0 aliphatic heterocycles. The topological polar surface area (TPSA) is 43.4 Å². The van der Waals surface area contributed by atoms with Gasteiger partial charge in [0.2, 0.25) is 0 Å². The predicted octanol–water partition coefficient (Wildman–Crippen LogP) is 3.87. The summed E-state index contributed by atoms with van der Waals surface area (Å²) in [5.41, 5.74) is 1.05. The minimum Gasteiger partial charge on any atom is -0.465 e. The van der Waals surface area contributed by atoms with E-state index in [1.807, 2.05) is 6.07 Å². The van der Waals surface area contributed by atoms with Gasteiger partial charge in [-0.3, -0.25) is 9.59 Å². The number of ether oxygens (including phenoxy) is 1. The number of carbonyl (C=O) groups is 2. The molecule has 0 heterocycles. The zero-order valence-corrected chi connectivity index (χ0v) is 12.3. The maximum atomic E-state index is 12.6. The number of carbonyl (C=O) groups excluding carboxylic acids is 2. The van der Waals surface area contributed by atoms with Crippen molar-refractivity contribution in [3.05, 3.63) is 70.7 Å². The summed E-state index contributed by atoms with van der Waals surface area (Å²) in [4.78, 5) is 24.8. The molecule has 0 spiro atoms. The highest BCUT2D eigenvalue weighted by atomic mass is 35.5. The van der Waals surface area contributed by atoms with Crippen LogP contribution in [0.15, 0.2) is 54.6 Å². The van der Waals surface area contributed by atoms with Gasteiger partial charge in [0.1, 0.15) is 5.92 Å². The lowest BCUT2D eigenvalue weighted by Gasteiger charge is -2.15. The second kappa shape index (κ2) is 7.04. The number of esters is 1. The quantitative estimate of drug-likeness (QED) is 0.478. The summed E-state index contributed by atoms with van der Waals surface area (Å²) in [5, 5.41) is 0.550. The Hall–Kier alpha value is -2.13. The Bertz CT molecular complexity index is 620. The second-order valence-electron chi connectivity index (χ2n) is 4.47. The van der Waals surface area contributed by atoms with Gasteiger partial charge in [-0.25, -0.2) is 0 Å². The van der Waals surface area contributed by atoms with Crippen LogP contribution in [-0.4, -0.2) is 18.4 Å². The molecule has 1 atom stereocenters. The molecule has 4 heteroatoms. The first-order valence-electron chi connectivity index (χ1n) is 6.65. The summed E-state index contributed by atoms with van der Waals surface area (Å²) in [6.07, 6.45) is 0. The molecule has 2 aromatic carbocycles. The fraction of sp³-hybridized carbons (Fsp3) is 0.176. The molecule has 0 aliphatic rings. The first kappa shape index (κ1) is 15.3. The Kier molecular flexibility index (Phi) is 5.12. The Morgan fingerprint density at radius 3 is 2.24 bits per heavy atom. The number of halogens is 1. The predicted molar refractivity (Wildman–Crippen MR) is 81.6 cm³/mol. The van der Waals surface area contributed by atoms with Crippen LogP contribution in [0.4, 0.5) is 0 Å². The van der Waals surface area contributed by atoms with E-state index in [1.54, 1.807) is 55.5 Å². The Morgan fingerprint density at radius 1 is 1.05 bits per heavy atom. The van der Waals surface area contributed by atoms with Crippen molar-refractivity contribution in [1.82, 2.24) is 0 Å². The SMILES string of the molecule is CCOC(=O)C(C(=O)c1ccccc1)c1ccc(Cl)cc1. The maximum Gasteiger partial charge on any atom is 0.321 e. The van der Waals surface area contributed by atoms with Crippen molar-refractivity contribution in [3.63, 3.8) is 0 Å². The minimum atomic E-state index is -0.968. The Balaban J connectivity index is 2.39. The Morgan fingerprint density at radius 2 is 1.67 bits per heavy atom. The lowest BCUT2D eigenvalue weighted by atomic mass is 9.90. The third-order valence-electron chi connectivity index (χ3n) is 3.05. The summed E-state index contributed by atoms with van der Waals surface area (Å²) in [7, 11) is 0. The van der Waals surface area contributed by atoms with Crippen molar-refractivity contribution in [1.29, 1.82) is 0 Å². The van der Waals surface area contributed by atoms with Crippen molar-refractivity contribution in [2.45, 2.75) is 12.8 Å². The largest absolute Gasteiger partial charge is 0.465 e. The van der Waals surface area contributed by atoms with Crippen LogP contribution in [0.25, 0.3) is 0 Å². The van der Waals surface area contributed by atoms with Crippen molar-refractivity contribution < 1.29 is 14.3 Å². The molecule has 0 saturated carbocycles. The highest BCUT2D eigenvalue weighted by Gasteiger charge is 2.30. The molecule has 21 heavy (non-hydrogen) atoms. The van der Waals surface area contributed by atoms with E-state index in [2.05, 4.69) is 0 Å². The number of Topliss-reactive ketones (excluding diaryl/α,β-unsaturated/α-hetero) is 1. The van der Waals surface area contributed by atoms with Crippen LogP contribution in [0.3, 0.4) is 0 Å². The molecule has 3 nitrogen and oxygen atoms in total. The molecule has 0 fully saturated rings. The Labute approximate surface area is 128 Å². The number of hydrogen-bond acceptors (Lipinski definition) is 3. The van der Waals surface area contributed by atoms with Crippen LogP contribution in [0.1, 0.15) is 28.8 Å². The third kappa shape index (κ3) is 3.70. The average molecular weight is 303 g/mol. The van der Waals surface area contributed by atoms with Crippen LogP contribution in [0.2, 0.25) is 5.02 Å². The highest BCUT2D eigenvalue weighted by molar-refractivity contribution is 6.30. The first-order chi connectivity index (χ1) is 10.1. The molecule has 0 N–H and O–H groups in total. The van der Waals surface area contributed by atoms with E-state index in [9.17, 15) is 9.59 Å². The van der Waals surface area contributed by atoms with Gasteiger partial charge < -0.3 is 4.74 Å². The summed E-state index contributed by atoms with van der Waals surface area (Å²) in [6, 6.07) is 15.4. The van der Waals surface area contributed by atoms with Crippen LogP contribution in [0.5, 0.6) is 0 Å².